The average Bonchev–Trinajstić information content (AvgIpc) is 3.13. The fraction of sp³-hybridized carbons (Fsp3) is 1.00. The first kappa shape index (κ1) is 14.8. The van der Waals surface area contributed by atoms with Crippen molar-refractivity contribution in [2.45, 2.75) is 70.8 Å². The van der Waals surface area contributed by atoms with Crippen molar-refractivity contribution in [3.8, 4) is 0 Å². The van der Waals surface area contributed by atoms with Gasteiger partial charge in [0.1, 0.15) is 0 Å². The first-order chi connectivity index (χ1) is 9.83. The van der Waals surface area contributed by atoms with Gasteiger partial charge in [0.15, 0.2) is 0 Å². The van der Waals surface area contributed by atoms with Gasteiger partial charge < -0.3 is 10.2 Å². The van der Waals surface area contributed by atoms with Gasteiger partial charge in [-0.2, -0.15) is 0 Å². The molecule has 0 bridgehead atoms. The molecular weight excluding hydrogens is 244 g/mol. The summed E-state index contributed by atoms with van der Waals surface area (Å²) in [6.07, 6.45) is 13.1. The largest absolute Gasteiger partial charge is 0.312 e. The van der Waals surface area contributed by atoms with Crippen molar-refractivity contribution in [2.24, 2.45) is 17.8 Å². The van der Waals surface area contributed by atoms with Gasteiger partial charge in [0.2, 0.25) is 0 Å². The highest BCUT2D eigenvalue weighted by Crippen LogP contribution is 2.30. The number of piperidine rings is 1. The van der Waals surface area contributed by atoms with Gasteiger partial charge in [0.05, 0.1) is 0 Å². The second-order valence-corrected chi connectivity index (χ2v) is 7.81. The monoisotopic (exact) mass is 278 g/mol. The van der Waals surface area contributed by atoms with E-state index in [0.717, 1.165) is 23.8 Å². The lowest BCUT2D eigenvalue weighted by Crippen LogP contribution is -2.50. The Balaban J connectivity index is 1.48. The van der Waals surface area contributed by atoms with Gasteiger partial charge >= 0.3 is 0 Å². The van der Waals surface area contributed by atoms with Crippen LogP contribution in [0.5, 0.6) is 0 Å². The second-order valence-electron chi connectivity index (χ2n) is 7.81. The van der Waals surface area contributed by atoms with Crippen LogP contribution < -0.4 is 5.32 Å². The molecule has 1 N–H and O–H groups in total. The zero-order valence-electron chi connectivity index (χ0n) is 13.4. The summed E-state index contributed by atoms with van der Waals surface area (Å²) in [6, 6.07) is 0.780. The number of nitrogens with one attached hydrogen (secondary N) is 1. The lowest BCUT2D eigenvalue weighted by molar-refractivity contribution is 0.118. The predicted octanol–water partition coefficient (Wildman–Crippen LogP) is 3.67. The summed E-state index contributed by atoms with van der Waals surface area (Å²) in [5, 5.41) is 3.89. The highest BCUT2D eigenvalue weighted by atomic mass is 15.2. The molecule has 1 aliphatic heterocycles. The Morgan fingerprint density at radius 3 is 2.45 bits per heavy atom. The van der Waals surface area contributed by atoms with Crippen LogP contribution in [0.2, 0.25) is 0 Å². The van der Waals surface area contributed by atoms with Crippen molar-refractivity contribution in [3.63, 3.8) is 0 Å². The molecule has 3 aliphatic rings. The van der Waals surface area contributed by atoms with E-state index in [0.29, 0.717) is 0 Å². The highest BCUT2D eigenvalue weighted by molar-refractivity contribution is 4.87. The Kier molecular flexibility index (Phi) is 5.39. The number of likely N-dealkylation sites (tertiary alicyclic amines) is 1. The van der Waals surface area contributed by atoms with Crippen molar-refractivity contribution in [3.05, 3.63) is 0 Å². The molecular formula is C18H34N2. The summed E-state index contributed by atoms with van der Waals surface area (Å²) >= 11 is 0. The maximum atomic E-state index is 3.89. The van der Waals surface area contributed by atoms with Crippen LogP contribution in [0.25, 0.3) is 0 Å². The number of rotatable bonds is 7. The molecule has 2 heteroatoms. The van der Waals surface area contributed by atoms with E-state index in [-0.39, 0.29) is 0 Å². The van der Waals surface area contributed by atoms with Crippen LogP contribution >= 0.6 is 0 Å². The van der Waals surface area contributed by atoms with Gasteiger partial charge in [0, 0.05) is 25.7 Å². The molecule has 0 amide bonds. The van der Waals surface area contributed by atoms with Crippen molar-refractivity contribution >= 4 is 0 Å². The summed E-state index contributed by atoms with van der Waals surface area (Å²) in [6.45, 7) is 7.74. The van der Waals surface area contributed by atoms with E-state index in [2.05, 4.69) is 17.1 Å². The van der Waals surface area contributed by atoms with Crippen LogP contribution in [-0.4, -0.2) is 37.1 Å². The van der Waals surface area contributed by atoms with E-state index in [1.807, 2.05) is 0 Å². The van der Waals surface area contributed by atoms with Gasteiger partial charge in [-0.05, 0) is 62.8 Å². The van der Waals surface area contributed by atoms with Crippen LogP contribution in [0.1, 0.15) is 64.7 Å². The van der Waals surface area contributed by atoms with E-state index in [4.69, 9.17) is 0 Å². The maximum Gasteiger partial charge on any atom is 0.0198 e. The molecule has 3 rings (SSSR count). The second kappa shape index (κ2) is 7.26. The van der Waals surface area contributed by atoms with E-state index in [1.165, 1.54) is 84.0 Å². The SMILES string of the molecule is CCCC1CC(NCC2CC2)CN(CC2CCCC2)C1. The topological polar surface area (TPSA) is 15.3 Å². The van der Waals surface area contributed by atoms with E-state index in [9.17, 15) is 0 Å². The molecule has 0 aromatic heterocycles. The summed E-state index contributed by atoms with van der Waals surface area (Å²) < 4.78 is 0. The first-order valence-electron chi connectivity index (χ1n) is 9.29. The molecule has 1 heterocycles. The standard InChI is InChI=1S/C18H34N2/c1-2-5-17-10-18(19-11-15-8-9-15)14-20(13-17)12-16-6-3-4-7-16/h15-19H,2-14H2,1H3. The Bertz CT molecular complexity index is 281. The molecule has 2 atom stereocenters. The van der Waals surface area contributed by atoms with Crippen molar-refractivity contribution in [1.82, 2.24) is 10.2 Å². The van der Waals surface area contributed by atoms with Gasteiger partial charge in [0.25, 0.3) is 0 Å². The molecule has 0 spiro atoms. The smallest absolute Gasteiger partial charge is 0.0198 e. The Hall–Kier alpha value is -0.0800. The molecule has 0 radical (unpaired) electrons. The average molecular weight is 278 g/mol. The molecule has 2 saturated carbocycles. The molecule has 0 aromatic carbocycles. The van der Waals surface area contributed by atoms with Crippen molar-refractivity contribution < 1.29 is 0 Å². The van der Waals surface area contributed by atoms with Gasteiger partial charge in [-0.1, -0.05) is 26.2 Å². The van der Waals surface area contributed by atoms with Gasteiger partial charge in [-0.3, -0.25) is 0 Å². The minimum Gasteiger partial charge on any atom is -0.312 e. The van der Waals surface area contributed by atoms with Crippen LogP contribution in [0.4, 0.5) is 0 Å². The molecule has 0 aromatic rings. The third kappa shape index (κ3) is 4.46. The number of hydrogen-bond acceptors (Lipinski definition) is 2. The van der Waals surface area contributed by atoms with Gasteiger partial charge in [-0.25, -0.2) is 0 Å². The fourth-order valence-corrected chi connectivity index (χ4v) is 4.43. The van der Waals surface area contributed by atoms with Crippen LogP contribution in [0.15, 0.2) is 0 Å². The molecule has 1 saturated heterocycles. The third-order valence-electron chi connectivity index (χ3n) is 5.69. The predicted molar refractivity (Wildman–Crippen MR) is 85.9 cm³/mol. The molecule has 2 nitrogen and oxygen atoms in total. The Morgan fingerprint density at radius 2 is 1.75 bits per heavy atom. The zero-order chi connectivity index (χ0) is 13.8. The number of nitrogens with zero attached hydrogens (tertiary/aromatic N) is 1. The Morgan fingerprint density at radius 1 is 0.950 bits per heavy atom. The summed E-state index contributed by atoms with van der Waals surface area (Å²) in [5.41, 5.74) is 0. The van der Waals surface area contributed by atoms with Gasteiger partial charge in [-0.15, -0.1) is 0 Å². The molecule has 2 unspecified atom stereocenters. The van der Waals surface area contributed by atoms with Crippen molar-refractivity contribution in [2.75, 3.05) is 26.2 Å². The molecule has 2 aliphatic carbocycles. The van der Waals surface area contributed by atoms with Crippen molar-refractivity contribution in [1.29, 1.82) is 0 Å². The van der Waals surface area contributed by atoms with Crippen LogP contribution in [-0.2, 0) is 0 Å². The third-order valence-corrected chi connectivity index (χ3v) is 5.69. The van der Waals surface area contributed by atoms with Crippen LogP contribution in [0.3, 0.4) is 0 Å². The summed E-state index contributed by atoms with van der Waals surface area (Å²) in [5.74, 6) is 2.98. The fourth-order valence-electron chi connectivity index (χ4n) is 4.43. The minimum atomic E-state index is 0.780. The van der Waals surface area contributed by atoms with E-state index in [1.54, 1.807) is 0 Å². The normalized spacial score (nSPS) is 32.9. The quantitative estimate of drug-likeness (QED) is 0.764. The summed E-state index contributed by atoms with van der Waals surface area (Å²) in [7, 11) is 0. The highest BCUT2D eigenvalue weighted by Gasteiger charge is 2.30. The zero-order valence-corrected chi connectivity index (χ0v) is 13.4. The van der Waals surface area contributed by atoms with Crippen LogP contribution in [0, 0.1) is 17.8 Å². The Labute approximate surface area is 125 Å². The molecule has 20 heavy (non-hydrogen) atoms. The molecule has 116 valence electrons. The first-order valence-corrected chi connectivity index (χ1v) is 9.29. The molecule has 3 fully saturated rings. The maximum absolute atomic E-state index is 3.89. The number of hydrogen-bond donors (Lipinski definition) is 1. The lowest BCUT2D eigenvalue weighted by Gasteiger charge is -2.39. The minimum absolute atomic E-state index is 0.780. The lowest BCUT2D eigenvalue weighted by atomic mass is 9.89. The van der Waals surface area contributed by atoms with E-state index < -0.39 is 0 Å². The summed E-state index contributed by atoms with van der Waals surface area (Å²) in [4.78, 5) is 2.81. The van der Waals surface area contributed by atoms with E-state index >= 15 is 0 Å².